The van der Waals surface area contributed by atoms with Crippen molar-refractivity contribution in [1.29, 1.82) is 0 Å². The lowest BCUT2D eigenvalue weighted by molar-refractivity contribution is 0.441. The first-order chi connectivity index (χ1) is 13.2. The summed E-state index contributed by atoms with van der Waals surface area (Å²) >= 11 is 3.45. The number of phenols is 1. The molecule has 0 saturated carbocycles. The zero-order valence-corrected chi connectivity index (χ0v) is 16.0. The van der Waals surface area contributed by atoms with Gasteiger partial charge in [0.1, 0.15) is 11.9 Å². The summed E-state index contributed by atoms with van der Waals surface area (Å²) < 4.78 is 5.28. The second-order valence-corrected chi connectivity index (χ2v) is 7.56. The molecule has 3 aromatic carbocycles. The van der Waals surface area contributed by atoms with Crippen molar-refractivity contribution >= 4 is 37.7 Å². The fourth-order valence-electron chi connectivity index (χ4n) is 3.80. The van der Waals surface area contributed by atoms with E-state index >= 15 is 0 Å². The summed E-state index contributed by atoms with van der Waals surface area (Å²) in [6, 6.07) is 26.6. The number of nitrogens with zero attached hydrogens (tertiary/aromatic N) is 2. The van der Waals surface area contributed by atoms with Crippen LogP contribution in [0.2, 0.25) is 0 Å². The average Bonchev–Trinajstić information content (AvgIpc) is 3.29. The number of benzene rings is 3. The predicted molar refractivity (Wildman–Crippen MR) is 113 cm³/mol. The molecule has 0 aliphatic carbocycles. The molecule has 5 rings (SSSR count). The molecule has 0 aliphatic rings. The lowest BCUT2D eigenvalue weighted by atomic mass is 10.1. The van der Waals surface area contributed by atoms with Crippen LogP contribution in [0.25, 0.3) is 21.8 Å². The van der Waals surface area contributed by atoms with Crippen molar-refractivity contribution in [2.45, 2.75) is 6.17 Å². The Morgan fingerprint density at radius 3 is 1.81 bits per heavy atom. The summed E-state index contributed by atoms with van der Waals surface area (Å²) in [5, 5.41) is 13.1. The molecule has 2 heterocycles. The van der Waals surface area contributed by atoms with Crippen LogP contribution in [0.1, 0.15) is 11.7 Å². The van der Waals surface area contributed by atoms with E-state index in [-0.39, 0.29) is 11.9 Å². The van der Waals surface area contributed by atoms with E-state index in [0.717, 1.165) is 21.1 Å². The molecule has 0 amide bonds. The number of hydrogen-bond donors (Lipinski definition) is 1. The van der Waals surface area contributed by atoms with Gasteiger partial charge in [0.25, 0.3) is 0 Å². The fourth-order valence-corrected chi connectivity index (χ4v) is 4.15. The first-order valence-corrected chi connectivity index (χ1v) is 9.61. The summed E-state index contributed by atoms with van der Waals surface area (Å²) in [4.78, 5) is 0. The molecule has 0 unspecified atom stereocenters. The van der Waals surface area contributed by atoms with Gasteiger partial charge in [-0.05, 0) is 47.2 Å². The Balaban J connectivity index is 1.82. The quantitative estimate of drug-likeness (QED) is 0.375. The van der Waals surface area contributed by atoms with Gasteiger partial charge in [-0.15, -0.1) is 0 Å². The first-order valence-electron chi connectivity index (χ1n) is 8.82. The maximum atomic E-state index is 10.7. The van der Waals surface area contributed by atoms with Crippen LogP contribution in [-0.2, 0) is 0 Å². The van der Waals surface area contributed by atoms with Gasteiger partial charge in [-0.25, -0.2) is 0 Å². The molecule has 0 radical (unpaired) electrons. The Bertz CT molecular complexity index is 1190. The van der Waals surface area contributed by atoms with Gasteiger partial charge in [-0.1, -0.05) is 58.4 Å². The van der Waals surface area contributed by atoms with Crippen LogP contribution in [0.5, 0.6) is 5.75 Å². The van der Waals surface area contributed by atoms with E-state index in [1.165, 1.54) is 10.8 Å². The van der Waals surface area contributed by atoms with Crippen LogP contribution in [0.4, 0.5) is 0 Å². The second-order valence-electron chi connectivity index (χ2n) is 6.64. The number of para-hydroxylation sites is 2. The van der Waals surface area contributed by atoms with Crippen LogP contribution in [-0.4, -0.2) is 14.2 Å². The molecule has 0 atom stereocenters. The molecule has 27 heavy (non-hydrogen) atoms. The number of hydrogen-bond acceptors (Lipinski definition) is 1. The van der Waals surface area contributed by atoms with Crippen LogP contribution in [0.15, 0.2) is 95.7 Å². The van der Waals surface area contributed by atoms with Crippen LogP contribution >= 0.6 is 15.9 Å². The van der Waals surface area contributed by atoms with Crippen LogP contribution in [0, 0.1) is 0 Å². The summed E-state index contributed by atoms with van der Waals surface area (Å²) in [5.74, 6) is 0.268. The minimum Gasteiger partial charge on any atom is -0.507 e. The molecule has 0 spiro atoms. The normalized spacial score (nSPS) is 11.6. The molecular weight excluding hydrogens is 400 g/mol. The molecule has 4 heteroatoms. The summed E-state index contributed by atoms with van der Waals surface area (Å²) in [7, 11) is 0. The van der Waals surface area contributed by atoms with E-state index in [0.29, 0.717) is 0 Å². The Kier molecular flexibility index (Phi) is 3.80. The standard InChI is InChI=1S/C23H17BrN2O/c24-18-9-10-19(22(27)15-18)23(25-13-11-16-5-1-3-7-20(16)25)26-14-12-17-6-2-4-8-21(17)26/h1-15,23,27H. The highest BCUT2D eigenvalue weighted by atomic mass is 79.9. The average molecular weight is 417 g/mol. The summed E-state index contributed by atoms with van der Waals surface area (Å²) in [6.07, 6.45) is 3.98. The van der Waals surface area contributed by atoms with Crippen LogP contribution < -0.4 is 0 Å². The zero-order chi connectivity index (χ0) is 18.4. The number of rotatable bonds is 3. The predicted octanol–water partition coefficient (Wildman–Crippen LogP) is 6.16. The van der Waals surface area contributed by atoms with Gasteiger partial charge in [0.2, 0.25) is 0 Å². The zero-order valence-electron chi connectivity index (χ0n) is 14.5. The van der Waals surface area contributed by atoms with Gasteiger partial charge in [0.15, 0.2) is 0 Å². The number of aromatic hydroxyl groups is 1. The molecule has 5 aromatic rings. The molecule has 0 saturated heterocycles. The topological polar surface area (TPSA) is 30.1 Å². The Morgan fingerprint density at radius 1 is 0.704 bits per heavy atom. The highest BCUT2D eigenvalue weighted by molar-refractivity contribution is 9.10. The van der Waals surface area contributed by atoms with Crippen molar-refractivity contribution < 1.29 is 5.11 Å². The largest absolute Gasteiger partial charge is 0.507 e. The van der Waals surface area contributed by atoms with Crippen molar-refractivity contribution in [2.75, 3.05) is 0 Å². The van der Waals surface area contributed by atoms with Crippen molar-refractivity contribution in [3.63, 3.8) is 0 Å². The minimum absolute atomic E-state index is 0.196. The Labute approximate surface area is 165 Å². The first kappa shape index (κ1) is 16.2. The highest BCUT2D eigenvalue weighted by Gasteiger charge is 2.22. The van der Waals surface area contributed by atoms with Crippen molar-refractivity contribution in [3.8, 4) is 5.75 Å². The Morgan fingerprint density at radius 2 is 1.26 bits per heavy atom. The minimum atomic E-state index is -0.196. The third kappa shape index (κ3) is 2.64. The summed E-state index contributed by atoms with van der Waals surface area (Å²) in [5.41, 5.74) is 3.10. The van der Waals surface area contributed by atoms with Crippen molar-refractivity contribution in [3.05, 3.63) is 101 Å². The molecule has 0 fully saturated rings. The van der Waals surface area contributed by atoms with Gasteiger partial charge in [-0.3, -0.25) is 0 Å². The third-order valence-electron chi connectivity index (χ3n) is 5.06. The molecule has 0 aliphatic heterocycles. The van der Waals surface area contributed by atoms with Gasteiger partial charge < -0.3 is 14.2 Å². The van der Waals surface area contributed by atoms with Gasteiger partial charge in [0, 0.05) is 22.4 Å². The number of aromatic nitrogens is 2. The lowest BCUT2D eigenvalue weighted by Crippen LogP contribution is -2.18. The fraction of sp³-hybridized carbons (Fsp3) is 0.0435. The van der Waals surface area contributed by atoms with Gasteiger partial charge >= 0.3 is 0 Å². The monoisotopic (exact) mass is 416 g/mol. The number of phenolic OH excluding ortho intramolecular Hbond substituents is 1. The molecule has 3 nitrogen and oxygen atoms in total. The lowest BCUT2D eigenvalue weighted by Gasteiger charge is -2.25. The molecule has 132 valence electrons. The van der Waals surface area contributed by atoms with E-state index < -0.39 is 0 Å². The molecule has 1 N–H and O–H groups in total. The molecular formula is C23H17BrN2O. The second kappa shape index (κ2) is 6.32. The van der Waals surface area contributed by atoms with E-state index in [1.807, 2.05) is 36.4 Å². The molecule has 2 aromatic heterocycles. The molecule has 0 bridgehead atoms. The maximum Gasteiger partial charge on any atom is 0.139 e. The van der Waals surface area contributed by atoms with Gasteiger partial charge in [-0.2, -0.15) is 0 Å². The van der Waals surface area contributed by atoms with Crippen LogP contribution in [0.3, 0.4) is 0 Å². The highest BCUT2D eigenvalue weighted by Crippen LogP contribution is 2.35. The maximum absolute atomic E-state index is 10.7. The van der Waals surface area contributed by atoms with Gasteiger partial charge in [0.05, 0.1) is 11.0 Å². The van der Waals surface area contributed by atoms with Crippen molar-refractivity contribution in [1.82, 2.24) is 9.13 Å². The summed E-state index contributed by atoms with van der Waals surface area (Å²) in [6.45, 7) is 0. The Hall–Kier alpha value is -2.98. The van der Waals surface area contributed by atoms with Crippen molar-refractivity contribution in [2.24, 2.45) is 0 Å². The number of halogens is 1. The van der Waals surface area contributed by atoms with E-state index in [4.69, 9.17) is 0 Å². The van der Waals surface area contributed by atoms with E-state index in [9.17, 15) is 5.11 Å². The van der Waals surface area contributed by atoms with E-state index in [2.05, 4.69) is 73.9 Å². The van der Waals surface area contributed by atoms with E-state index in [1.54, 1.807) is 6.07 Å². The number of fused-ring (bicyclic) bond motifs is 2. The smallest absolute Gasteiger partial charge is 0.139 e. The SMILES string of the molecule is Oc1cc(Br)ccc1C(n1ccc2ccccc21)n1ccc2ccccc21. The third-order valence-corrected chi connectivity index (χ3v) is 5.55.